The smallest absolute Gasteiger partial charge is 0.391 e. The van der Waals surface area contributed by atoms with Gasteiger partial charge in [-0.3, -0.25) is 14.4 Å². The molecule has 0 aliphatic heterocycles. The number of esters is 1. The van der Waals surface area contributed by atoms with E-state index in [0.29, 0.717) is 40.7 Å². The van der Waals surface area contributed by atoms with Crippen LogP contribution in [0.25, 0.3) is 10.1 Å². The van der Waals surface area contributed by atoms with Gasteiger partial charge in [-0.2, -0.15) is 9.98 Å². The van der Waals surface area contributed by atoms with Gasteiger partial charge in [0.25, 0.3) is 15.9 Å². The van der Waals surface area contributed by atoms with E-state index in [4.69, 9.17) is 24.0 Å². The second-order valence-corrected chi connectivity index (χ2v) is 19.3. The lowest BCUT2D eigenvalue weighted by Gasteiger charge is -2.16. The van der Waals surface area contributed by atoms with Crippen molar-refractivity contribution in [2.24, 2.45) is 0 Å². The first-order valence-electron chi connectivity index (χ1n) is 19.9. The molecule has 20 heteroatoms. The Morgan fingerprint density at radius 2 is 1.55 bits per heavy atom. The summed E-state index contributed by atoms with van der Waals surface area (Å²) in [7, 11) is -9.62. The lowest BCUT2D eigenvalue weighted by molar-refractivity contribution is -0.131. The maximum atomic E-state index is 16.7. The molecule has 0 aliphatic rings. The minimum atomic E-state index is -4.85. The summed E-state index contributed by atoms with van der Waals surface area (Å²) < 4.78 is 110. The van der Waals surface area contributed by atoms with E-state index in [1.54, 1.807) is 25.1 Å². The number of sulfonamides is 1. The molecule has 1 aromatic heterocycles. The van der Waals surface area contributed by atoms with Gasteiger partial charge >= 0.3 is 13.6 Å². The third kappa shape index (κ3) is 12.1. The van der Waals surface area contributed by atoms with Gasteiger partial charge in [-0.15, -0.1) is 11.3 Å². The highest BCUT2D eigenvalue weighted by Gasteiger charge is 2.33. The highest BCUT2D eigenvalue weighted by Crippen LogP contribution is 2.48. The van der Waals surface area contributed by atoms with Crippen molar-refractivity contribution < 1.29 is 64.2 Å². The SMILES string of the molecule is CCc1c(S(=O)(=O)NCP(=O)(O)Oc2ccc(C#N)c(F)c2)sc2c(F)c(OCCCCC(=O)c3ccc(C)c(C)c3)c(OCCCNC(=O)c3ccc(OC(C)=O)c(C)c3)c(F)c12. The molecule has 14 nitrogen and oxygen atoms in total. The number of halogens is 3. The van der Waals surface area contributed by atoms with E-state index >= 15 is 8.78 Å². The molecule has 0 spiro atoms. The molecule has 0 bridgehead atoms. The molecule has 64 heavy (non-hydrogen) atoms. The van der Waals surface area contributed by atoms with Crippen LogP contribution < -0.4 is 28.8 Å². The molecular weight excluding hydrogens is 899 g/mol. The number of carbonyl (C=O) groups excluding carboxylic acids is 3. The summed E-state index contributed by atoms with van der Waals surface area (Å²) in [4.78, 5) is 47.4. The predicted octanol–water partition coefficient (Wildman–Crippen LogP) is 8.73. The normalized spacial score (nSPS) is 12.3. The van der Waals surface area contributed by atoms with Gasteiger partial charge in [0, 0.05) is 42.5 Å². The Bertz CT molecular complexity index is 2810. The van der Waals surface area contributed by atoms with Crippen LogP contribution in [0.1, 0.15) is 88.1 Å². The van der Waals surface area contributed by atoms with Crippen molar-refractivity contribution in [3.63, 3.8) is 0 Å². The first-order valence-corrected chi connectivity index (χ1v) is 23.9. The molecule has 340 valence electrons. The Kier molecular flexibility index (Phi) is 16.4. The first kappa shape index (κ1) is 49.2. The van der Waals surface area contributed by atoms with Gasteiger partial charge in [0.15, 0.2) is 17.4 Å². The number of carbonyl (C=O) groups is 3. The van der Waals surface area contributed by atoms with E-state index in [1.807, 2.05) is 24.6 Å². The van der Waals surface area contributed by atoms with Crippen molar-refractivity contribution in [1.29, 1.82) is 5.26 Å². The zero-order chi connectivity index (χ0) is 46.9. The van der Waals surface area contributed by atoms with E-state index in [-0.39, 0.29) is 67.9 Å². The molecule has 3 N–H and O–H groups in total. The van der Waals surface area contributed by atoms with Crippen LogP contribution in [-0.2, 0) is 25.8 Å². The second-order valence-electron chi connectivity index (χ2n) is 14.6. The fourth-order valence-electron chi connectivity index (χ4n) is 6.35. The van der Waals surface area contributed by atoms with Crippen LogP contribution in [0.5, 0.6) is 23.0 Å². The number of nitriles is 1. The number of ether oxygens (including phenoxy) is 3. The number of rotatable bonds is 21. The van der Waals surface area contributed by atoms with Crippen LogP contribution in [-0.4, -0.2) is 57.0 Å². The van der Waals surface area contributed by atoms with Crippen LogP contribution in [0.3, 0.4) is 0 Å². The zero-order valence-electron chi connectivity index (χ0n) is 35.4. The number of ketones is 1. The maximum absolute atomic E-state index is 16.7. The van der Waals surface area contributed by atoms with Crippen molar-refractivity contribution in [3.8, 4) is 29.1 Å². The molecule has 1 unspecified atom stereocenters. The van der Waals surface area contributed by atoms with Crippen molar-refractivity contribution in [2.45, 2.75) is 70.9 Å². The molecule has 5 rings (SSSR count). The lowest BCUT2D eigenvalue weighted by atomic mass is 10.0. The molecule has 0 saturated heterocycles. The predicted molar refractivity (Wildman–Crippen MR) is 232 cm³/mol. The summed E-state index contributed by atoms with van der Waals surface area (Å²) in [6.07, 6.45) is -0.528. The number of hydrogen-bond donors (Lipinski definition) is 3. The number of amides is 1. The Hall–Kier alpha value is -5.77. The summed E-state index contributed by atoms with van der Waals surface area (Å²) >= 11 is 0.355. The van der Waals surface area contributed by atoms with E-state index in [0.717, 1.165) is 23.3 Å². The number of nitrogens with zero attached hydrogens (tertiary/aromatic N) is 1. The minimum Gasteiger partial charge on any atom is -0.487 e. The molecule has 4 aromatic carbocycles. The number of aryl methyl sites for hydroxylation is 4. The number of Topliss-reactive ketones (excluding diaryl/α,β-unsaturated/α-hetero) is 1. The van der Waals surface area contributed by atoms with E-state index in [2.05, 4.69) is 5.32 Å². The van der Waals surface area contributed by atoms with Gasteiger partial charge in [0.1, 0.15) is 33.9 Å². The maximum Gasteiger partial charge on any atom is 0.391 e. The van der Waals surface area contributed by atoms with E-state index in [9.17, 15) is 36.7 Å². The largest absolute Gasteiger partial charge is 0.487 e. The summed E-state index contributed by atoms with van der Waals surface area (Å²) in [6.45, 7) is 7.83. The molecule has 0 radical (unpaired) electrons. The average Bonchev–Trinajstić information content (AvgIpc) is 3.65. The quantitative estimate of drug-likeness (QED) is 0.0208. The third-order valence-electron chi connectivity index (χ3n) is 9.77. The highest BCUT2D eigenvalue weighted by molar-refractivity contribution is 7.92. The lowest BCUT2D eigenvalue weighted by Crippen LogP contribution is -2.26. The Labute approximate surface area is 371 Å². The van der Waals surface area contributed by atoms with Crippen LogP contribution in [0.15, 0.2) is 58.8 Å². The van der Waals surface area contributed by atoms with E-state index < -0.39 is 84.8 Å². The second kappa shape index (κ2) is 21.3. The Balaban J connectivity index is 1.36. The summed E-state index contributed by atoms with van der Waals surface area (Å²) in [6, 6.07) is 14.2. The number of benzene rings is 4. The molecule has 1 amide bonds. The van der Waals surface area contributed by atoms with Gasteiger partial charge in [-0.1, -0.05) is 19.1 Å². The van der Waals surface area contributed by atoms with Crippen LogP contribution in [0, 0.1) is 49.6 Å². The molecule has 1 heterocycles. The standard InChI is InChI=1S/C44H45F3N3O11PS2/c1-6-33-37-38(46)40(59-19-9-17-49-43(53)30-14-16-36(27(4)21-30)60-28(5)51)41(58-18-8-7-10-35(52)29-12-11-25(2)26(3)20-29)39(47)42(37)63-44(33)64(56,57)50-24-62(54,55)61-32-15-13-31(23-48)34(45)22-32/h11-16,20-22,50H,6-10,17-19,24H2,1-5H3,(H,49,53)(H,54,55). The Morgan fingerprint density at radius 3 is 2.19 bits per heavy atom. The summed E-state index contributed by atoms with van der Waals surface area (Å²) in [5.41, 5.74) is 2.84. The van der Waals surface area contributed by atoms with Crippen LogP contribution >= 0.6 is 18.9 Å². The molecule has 5 aromatic rings. The molecule has 0 saturated carbocycles. The zero-order valence-corrected chi connectivity index (χ0v) is 38.0. The van der Waals surface area contributed by atoms with Crippen molar-refractivity contribution >= 4 is 56.7 Å². The highest BCUT2D eigenvalue weighted by atomic mass is 32.2. The number of unbranched alkanes of at least 4 members (excludes halogenated alkanes) is 1. The van der Waals surface area contributed by atoms with Crippen LogP contribution in [0.2, 0.25) is 0 Å². The monoisotopic (exact) mass is 943 g/mol. The number of thiophene rings is 1. The number of fused-ring (bicyclic) bond motifs is 1. The Morgan fingerprint density at radius 1 is 0.875 bits per heavy atom. The molecule has 0 fully saturated rings. The average molecular weight is 944 g/mol. The molecule has 0 aliphatic carbocycles. The van der Waals surface area contributed by atoms with Crippen molar-refractivity contribution in [2.75, 3.05) is 26.0 Å². The van der Waals surface area contributed by atoms with Gasteiger partial charge in [-0.25, -0.2) is 26.2 Å². The van der Waals surface area contributed by atoms with Gasteiger partial charge in [0.2, 0.25) is 11.5 Å². The van der Waals surface area contributed by atoms with Crippen LogP contribution in [0.4, 0.5) is 13.2 Å². The van der Waals surface area contributed by atoms with Gasteiger partial charge in [0.05, 0.1) is 23.5 Å². The fourth-order valence-corrected chi connectivity index (χ4v) is 10.8. The van der Waals surface area contributed by atoms with Gasteiger partial charge < -0.3 is 28.9 Å². The first-order chi connectivity index (χ1) is 30.3. The molecule has 1 atom stereocenters. The van der Waals surface area contributed by atoms with Crippen molar-refractivity contribution in [1.82, 2.24) is 10.0 Å². The summed E-state index contributed by atoms with van der Waals surface area (Å²) in [5, 5.41) is 11.2. The topological polar surface area (TPSA) is 207 Å². The number of nitrogens with one attached hydrogen (secondary N) is 2. The fraction of sp³-hybridized carbons (Fsp3) is 0.318. The minimum absolute atomic E-state index is 0.0336. The molecular formula is C44H45F3N3O11PS2. The van der Waals surface area contributed by atoms with E-state index in [1.165, 1.54) is 32.0 Å². The van der Waals surface area contributed by atoms with Gasteiger partial charge in [-0.05, 0) is 105 Å². The number of hydrogen-bond acceptors (Lipinski definition) is 12. The third-order valence-corrected chi connectivity index (χ3v) is 14.2. The van der Waals surface area contributed by atoms with Crippen molar-refractivity contribution in [3.05, 3.63) is 111 Å². The summed E-state index contributed by atoms with van der Waals surface area (Å²) in [5.74, 6) is -5.88.